The van der Waals surface area contributed by atoms with E-state index >= 15 is 0 Å². The molecular formula is C21H34N4O. The predicted octanol–water partition coefficient (Wildman–Crippen LogP) is 3.52. The Morgan fingerprint density at radius 2 is 1.88 bits per heavy atom. The van der Waals surface area contributed by atoms with Gasteiger partial charge in [0, 0.05) is 32.0 Å². The number of pyridine rings is 1. The zero-order valence-corrected chi connectivity index (χ0v) is 16.2. The summed E-state index contributed by atoms with van der Waals surface area (Å²) in [4.78, 5) is 11.2. The summed E-state index contributed by atoms with van der Waals surface area (Å²) >= 11 is 0. The van der Waals surface area contributed by atoms with Crippen LogP contribution in [0.4, 0.5) is 0 Å². The van der Waals surface area contributed by atoms with E-state index in [1.165, 1.54) is 51.4 Å². The van der Waals surface area contributed by atoms with Gasteiger partial charge in [-0.1, -0.05) is 25.7 Å². The average Bonchev–Trinajstić information content (AvgIpc) is 2.91. The molecule has 3 rings (SSSR count). The first-order valence-corrected chi connectivity index (χ1v) is 10.3. The fourth-order valence-electron chi connectivity index (χ4n) is 4.57. The Kier molecular flexibility index (Phi) is 6.89. The van der Waals surface area contributed by atoms with Gasteiger partial charge in [0.2, 0.25) is 0 Å². The van der Waals surface area contributed by atoms with Gasteiger partial charge in [-0.25, -0.2) is 0 Å². The van der Waals surface area contributed by atoms with E-state index in [0.29, 0.717) is 12.0 Å². The van der Waals surface area contributed by atoms with Crippen molar-refractivity contribution >= 4 is 5.96 Å². The van der Waals surface area contributed by atoms with E-state index in [0.717, 1.165) is 31.2 Å². The second-order valence-electron chi connectivity index (χ2n) is 7.93. The summed E-state index contributed by atoms with van der Waals surface area (Å²) in [6.45, 7) is 5.53. The molecule has 2 N–H and O–H groups in total. The summed E-state index contributed by atoms with van der Waals surface area (Å²) in [5, 5.41) is 13.9. The van der Waals surface area contributed by atoms with E-state index in [2.05, 4.69) is 22.1 Å². The molecule has 0 aromatic carbocycles. The largest absolute Gasteiger partial charge is 0.386 e. The van der Waals surface area contributed by atoms with E-state index in [1.54, 1.807) is 12.4 Å². The lowest BCUT2D eigenvalue weighted by Gasteiger charge is -2.44. The summed E-state index contributed by atoms with van der Waals surface area (Å²) in [7, 11) is 0. The Morgan fingerprint density at radius 1 is 1.19 bits per heavy atom. The Balaban J connectivity index is 1.68. The quantitative estimate of drug-likeness (QED) is 0.639. The van der Waals surface area contributed by atoms with E-state index in [1.807, 2.05) is 12.1 Å². The number of aliphatic hydroxyl groups excluding tert-OH is 1. The third-order valence-electron chi connectivity index (χ3n) is 5.96. The van der Waals surface area contributed by atoms with Crippen LogP contribution >= 0.6 is 0 Å². The third-order valence-corrected chi connectivity index (χ3v) is 5.96. The number of likely N-dealkylation sites (tertiary alicyclic amines) is 1. The molecule has 2 fully saturated rings. The Labute approximate surface area is 157 Å². The van der Waals surface area contributed by atoms with Crippen molar-refractivity contribution in [2.24, 2.45) is 10.4 Å². The van der Waals surface area contributed by atoms with Gasteiger partial charge in [-0.05, 0) is 55.7 Å². The molecule has 1 atom stereocenters. The highest BCUT2D eigenvalue weighted by atomic mass is 16.3. The minimum absolute atomic E-state index is 0.385. The summed E-state index contributed by atoms with van der Waals surface area (Å²) in [5.41, 5.74) is 1.35. The highest BCUT2D eigenvalue weighted by Gasteiger charge is 2.36. The van der Waals surface area contributed by atoms with Crippen LogP contribution in [0.25, 0.3) is 0 Å². The van der Waals surface area contributed by atoms with E-state index in [9.17, 15) is 5.11 Å². The lowest BCUT2D eigenvalue weighted by atomic mass is 9.74. The number of rotatable bonds is 4. The second kappa shape index (κ2) is 9.36. The van der Waals surface area contributed by atoms with Gasteiger partial charge >= 0.3 is 0 Å². The number of guanidine groups is 1. The van der Waals surface area contributed by atoms with Crippen LogP contribution in [0.5, 0.6) is 0 Å². The standard InChI is InChI=1S/C21H34N4O/c1-2-23-20(24-16-19(26)18-8-13-22-14-9-18)25-15-7-12-21(17-25)10-5-3-4-6-11-21/h8-9,13-14,19,26H,2-7,10-12,15-17H2,1H3,(H,23,24). The van der Waals surface area contributed by atoms with Gasteiger partial charge in [-0.2, -0.15) is 0 Å². The average molecular weight is 359 g/mol. The van der Waals surface area contributed by atoms with Crippen LogP contribution in [0.15, 0.2) is 29.5 Å². The molecule has 0 bridgehead atoms. The SMILES string of the molecule is CCNC(=NCC(O)c1ccncc1)N1CCCC2(CCCCCC2)C1. The Bertz CT molecular complexity index is 567. The fraction of sp³-hybridized carbons (Fsp3) is 0.714. The highest BCUT2D eigenvalue weighted by molar-refractivity contribution is 5.80. The van der Waals surface area contributed by atoms with Crippen LogP contribution in [0.1, 0.15) is 70.0 Å². The molecule has 1 unspecified atom stereocenters. The van der Waals surface area contributed by atoms with Crippen LogP contribution in [-0.4, -0.2) is 47.1 Å². The van der Waals surface area contributed by atoms with Crippen molar-refractivity contribution in [2.45, 2.75) is 64.4 Å². The van der Waals surface area contributed by atoms with Gasteiger partial charge in [0.15, 0.2) is 5.96 Å². The molecule has 1 aromatic heterocycles. The van der Waals surface area contributed by atoms with Crippen molar-refractivity contribution in [1.29, 1.82) is 0 Å². The highest BCUT2D eigenvalue weighted by Crippen LogP contribution is 2.42. The molecule has 144 valence electrons. The minimum atomic E-state index is -0.580. The molecular weight excluding hydrogens is 324 g/mol. The molecule has 1 saturated carbocycles. The van der Waals surface area contributed by atoms with Crippen molar-refractivity contribution in [3.05, 3.63) is 30.1 Å². The van der Waals surface area contributed by atoms with Gasteiger partial charge in [0.1, 0.15) is 0 Å². The summed E-state index contributed by atoms with van der Waals surface area (Å²) < 4.78 is 0. The van der Waals surface area contributed by atoms with E-state index < -0.39 is 6.10 Å². The van der Waals surface area contributed by atoms with E-state index in [4.69, 9.17) is 4.99 Å². The van der Waals surface area contributed by atoms with Crippen LogP contribution in [0.3, 0.4) is 0 Å². The molecule has 0 amide bonds. The normalized spacial score (nSPS) is 22.1. The third kappa shape index (κ3) is 4.97. The van der Waals surface area contributed by atoms with Gasteiger partial charge in [0.25, 0.3) is 0 Å². The Hall–Kier alpha value is -1.62. The van der Waals surface area contributed by atoms with Crippen LogP contribution in [-0.2, 0) is 0 Å². The van der Waals surface area contributed by atoms with Crippen molar-refractivity contribution < 1.29 is 5.11 Å². The molecule has 2 heterocycles. The number of aromatic nitrogens is 1. The maximum absolute atomic E-state index is 10.4. The minimum Gasteiger partial charge on any atom is -0.386 e. The Morgan fingerprint density at radius 3 is 2.58 bits per heavy atom. The molecule has 0 radical (unpaired) electrons. The van der Waals surface area contributed by atoms with Gasteiger partial charge < -0.3 is 15.3 Å². The number of nitrogens with zero attached hydrogens (tertiary/aromatic N) is 3. The summed E-state index contributed by atoms with van der Waals surface area (Å²) in [6, 6.07) is 3.71. The van der Waals surface area contributed by atoms with Crippen molar-refractivity contribution in [2.75, 3.05) is 26.2 Å². The van der Waals surface area contributed by atoms with Gasteiger partial charge in [-0.15, -0.1) is 0 Å². The molecule has 1 aromatic rings. The molecule has 5 heteroatoms. The van der Waals surface area contributed by atoms with Crippen LogP contribution < -0.4 is 5.32 Å². The topological polar surface area (TPSA) is 60.8 Å². The van der Waals surface area contributed by atoms with Crippen molar-refractivity contribution in [1.82, 2.24) is 15.2 Å². The van der Waals surface area contributed by atoms with Crippen LogP contribution in [0, 0.1) is 5.41 Å². The number of piperidine rings is 1. The first-order chi connectivity index (χ1) is 12.7. The fourth-order valence-corrected chi connectivity index (χ4v) is 4.57. The second-order valence-corrected chi connectivity index (χ2v) is 7.93. The molecule has 1 saturated heterocycles. The molecule has 2 aliphatic rings. The smallest absolute Gasteiger partial charge is 0.194 e. The zero-order valence-electron chi connectivity index (χ0n) is 16.2. The van der Waals surface area contributed by atoms with Crippen molar-refractivity contribution in [3.63, 3.8) is 0 Å². The zero-order chi connectivity index (χ0) is 18.2. The lowest BCUT2D eigenvalue weighted by Crippen LogP contribution is -2.50. The van der Waals surface area contributed by atoms with Gasteiger partial charge in [0.05, 0.1) is 12.6 Å². The summed E-state index contributed by atoms with van der Waals surface area (Å²) in [6.07, 6.45) is 13.7. The molecule has 1 aliphatic carbocycles. The first kappa shape index (κ1) is 19.2. The van der Waals surface area contributed by atoms with Crippen molar-refractivity contribution in [3.8, 4) is 0 Å². The number of hydrogen-bond acceptors (Lipinski definition) is 3. The molecule has 26 heavy (non-hydrogen) atoms. The maximum atomic E-state index is 10.4. The molecule has 1 aliphatic heterocycles. The summed E-state index contributed by atoms with van der Waals surface area (Å²) in [5.74, 6) is 0.962. The lowest BCUT2D eigenvalue weighted by molar-refractivity contribution is 0.115. The number of aliphatic hydroxyl groups is 1. The number of aliphatic imine (C=N–C) groups is 1. The van der Waals surface area contributed by atoms with Crippen LogP contribution in [0.2, 0.25) is 0 Å². The number of hydrogen-bond donors (Lipinski definition) is 2. The predicted molar refractivity (Wildman–Crippen MR) is 106 cm³/mol. The van der Waals surface area contributed by atoms with E-state index in [-0.39, 0.29) is 0 Å². The number of nitrogens with one attached hydrogen (secondary N) is 1. The first-order valence-electron chi connectivity index (χ1n) is 10.3. The monoisotopic (exact) mass is 358 g/mol. The maximum Gasteiger partial charge on any atom is 0.194 e. The van der Waals surface area contributed by atoms with Gasteiger partial charge in [-0.3, -0.25) is 9.98 Å². The molecule has 5 nitrogen and oxygen atoms in total. The molecule has 1 spiro atoms.